The zero-order chi connectivity index (χ0) is 7.56. The number of aldehydes is 1. The Morgan fingerprint density at radius 1 is 1.70 bits per heavy atom. The Hall–Kier alpha value is -1.10. The Morgan fingerprint density at radius 3 is 2.80 bits per heavy atom. The van der Waals surface area contributed by atoms with E-state index in [1.54, 1.807) is 0 Å². The highest BCUT2D eigenvalue weighted by Gasteiger charge is 2.03. The maximum Gasteiger partial charge on any atom is 0.307 e. The second-order valence-electron chi connectivity index (χ2n) is 1.66. The summed E-state index contributed by atoms with van der Waals surface area (Å²) in [6, 6.07) is 0. The van der Waals surface area contributed by atoms with Crippen LogP contribution >= 0.6 is 11.3 Å². The number of thiazole rings is 1. The molecule has 0 unspecified atom stereocenters. The van der Waals surface area contributed by atoms with Gasteiger partial charge in [0.25, 0.3) is 0 Å². The molecular formula is C5H5NO3S. The summed E-state index contributed by atoms with van der Waals surface area (Å²) >= 11 is 0.847. The van der Waals surface area contributed by atoms with E-state index >= 15 is 0 Å². The van der Waals surface area contributed by atoms with E-state index in [-0.39, 0.29) is 17.2 Å². The first kappa shape index (κ1) is 7.01. The highest BCUT2D eigenvalue weighted by molar-refractivity contribution is 7.09. The third-order valence-electron chi connectivity index (χ3n) is 0.969. The van der Waals surface area contributed by atoms with Crippen LogP contribution in [-0.4, -0.2) is 16.4 Å². The summed E-state index contributed by atoms with van der Waals surface area (Å²) in [7, 11) is 0. The monoisotopic (exact) mass is 159 g/mol. The Bertz CT molecular complexity index is 287. The van der Waals surface area contributed by atoms with Gasteiger partial charge in [0.05, 0.1) is 4.88 Å². The Kier molecular flexibility index (Phi) is 1.86. The lowest BCUT2D eigenvalue weighted by molar-refractivity contribution is -0.107. The summed E-state index contributed by atoms with van der Waals surface area (Å²) < 4.78 is 0. The molecule has 0 bridgehead atoms. The molecule has 0 aliphatic rings. The zero-order valence-electron chi connectivity index (χ0n) is 4.96. The van der Waals surface area contributed by atoms with Gasteiger partial charge in [-0.15, -0.1) is 0 Å². The van der Waals surface area contributed by atoms with Gasteiger partial charge in [0.2, 0.25) is 5.88 Å². The lowest BCUT2D eigenvalue weighted by atomic mass is 10.4. The van der Waals surface area contributed by atoms with Gasteiger partial charge in [-0.1, -0.05) is 11.3 Å². The van der Waals surface area contributed by atoms with E-state index in [1.807, 2.05) is 0 Å². The Balaban J connectivity index is 3.02. The van der Waals surface area contributed by atoms with E-state index in [1.165, 1.54) is 0 Å². The first-order chi connectivity index (χ1) is 4.74. The predicted octanol–water partition coefficient (Wildman–Crippen LogP) is -0.117. The van der Waals surface area contributed by atoms with E-state index in [2.05, 4.69) is 4.98 Å². The van der Waals surface area contributed by atoms with Gasteiger partial charge in [-0.25, -0.2) is 0 Å². The standard InChI is InChI=1S/C5H5NO3S/c7-2-1-3-4(8)6-5(9)10-3/h2,8H,1H2,(H,6,9). The molecule has 54 valence electrons. The molecule has 1 aromatic heterocycles. The van der Waals surface area contributed by atoms with Crippen molar-refractivity contribution in [1.29, 1.82) is 0 Å². The second kappa shape index (κ2) is 2.66. The molecule has 5 heteroatoms. The van der Waals surface area contributed by atoms with E-state index in [9.17, 15) is 9.59 Å². The van der Waals surface area contributed by atoms with Crippen molar-refractivity contribution >= 4 is 17.6 Å². The van der Waals surface area contributed by atoms with Crippen molar-refractivity contribution in [3.63, 3.8) is 0 Å². The van der Waals surface area contributed by atoms with Crippen LogP contribution in [0.5, 0.6) is 5.88 Å². The van der Waals surface area contributed by atoms with E-state index in [0.717, 1.165) is 11.3 Å². The SMILES string of the molecule is O=CCc1sc(=O)[nH]c1O. The lowest BCUT2D eigenvalue weighted by Crippen LogP contribution is -1.89. The highest BCUT2D eigenvalue weighted by Crippen LogP contribution is 2.14. The summed E-state index contributed by atoms with van der Waals surface area (Å²) in [6.07, 6.45) is 0.730. The van der Waals surface area contributed by atoms with Crippen LogP contribution in [0.1, 0.15) is 4.88 Å². The van der Waals surface area contributed by atoms with Crippen LogP contribution in [0.4, 0.5) is 0 Å². The van der Waals surface area contributed by atoms with E-state index in [4.69, 9.17) is 5.11 Å². The molecule has 0 aliphatic heterocycles. The first-order valence-corrected chi connectivity index (χ1v) is 3.40. The topological polar surface area (TPSA) is 70.2 Å². The second-order valence-corrected chi connectivity index (χ2v) is 2.72. The summed E-state index contributed by atoms with van der Waals surface area (Å²) in [5.41, 5.74) is 0. The number of nitrogens with one attached hydrogen (secondary N) is 1. The third-order valence-corrected chi connectivity index (χ3v) is 1.86. The fourth-order valence-electron chi connectivity index (χ4n) is 0.566. The van der Waals surface area contributed by atoms with Crippen molar-refractivity contribution < 1.29 is 9.90 Å². The average molecular weight is 159 g/mol. The van der Waals surface area contributed by atoms with Crippen LogP contribution in [0.15, 0.2) is 4.79 Å². The fourth-order valence-corrected chi connectivity index (χ4v) is 1.24. The number of rotatable bonds is 2. The number of aromatic nitrogens is 1. The first-order valence-electron chi connectivity index (χ1n) is 2.58. The number of aromatic amines is 1. The number of hydrogen-bond acceptors (Lipinski definition) is 4. The normalized spacial score (nSPS) is 9.60. The maximum absolute atomic E-state index is 10.5. The Labute approximate surface area is 60.1 Å². The minimum absolute atomic E-state index is 0.0925. The molecule has 10 heavy (non-hydrogen) atoms. The van der Waals surface area contributed by atoms with Crippen molar-refractivity contribution in [3.8, 4) is 5.88 Å². The number of carbonyl (C=O) groups is 1. The quantitative estimate of drug-likeness (QED) is 0.591. The Morgan fingerprint density at radius 2 is 2.40 bits per heavy atom. The molecule has 1 rings (SSSR count). The molecule has 0 saturated heterocycles. The number of hydrogen-bond donors (Lipinski definition) is 2. The smallest absolute Gasteiger partial charge is 0.307 e. The van der Waals surface area contributed by atoms with Crippen molar-refractivity contribution in [2.75, 3.05) is 0 Å². The van der Waals surface area contributed by atoms with Gasteiger partial charge in [0.15, 0.2) is 0 Å². The van der Waals surface area contributed by atoms with Crippen LogP contribution in [0.3, 0.4) is 0 Å². The van der Waals surface area contributed by atoms with Crippen molar-refractivity contribution in [2.24, 2.45) is 0 Å². The maximum atomic E-state index is 10.5. The van der Waals surface area contributed by atoms with Crippen LogP contribution < -0.4 is 4.87 Å². The van der Waals surface area contributed by atoms with Crippen LogP contribution in [0, 0.1) is 0 Å². The molecule has 1 aromatic rings. The van der Waals surface area contributed by atoms with Gasteiger partial charge in [-0.2, -0.15) is 0 Å². The summed E-state index contributed by atoms with van der Waals surface area (Å²) in [4.78, 5) is 22.6. The van der Waals surface area contributed by atoms with Crippen LogP contribution in [0.2, 0.25) is 0 Å². The van der Waals surface area contributed by atoms with Crippen LogP contribution in [0.25, 0.3) is 0 Å². The molecule has 1 heterocycles. The molecule has 0 atom stereocenters. The zero-order valence-corrected chi connectivity index (χ0v) is 5.77. The van der Waals surface area contributed by atoms with Crippen molar-refractivity contribution in [1.82, 2.24) is 4.98 Å². The summed E-state index contributed by atoms with van der Waals surface area (Å²) in [6.45, 7) is 0. The van der Waals surface area contributed by atoms with E-state index < -0.39 is 0 Å². The molecule has 0 fully saturated rings. The van der Waals surface area contributed by atoms with Gasteiger partial charge >= 0.3 is 4.87 Å². The van der Waals surface area contributed by atoms with Gasteiger partial charge in [0.1, 0.15) is 6.29 Å². The molecule has 0 saturated carbocycles. The predicted molar refractivity (Wildman–Crippen MR) is 36.4 cm³/mol. The lowest BCUT2D eigenvalue weighted by Gasteiger charge is -1.84. The minimum atomic E-state index is -0.339. The summed E-state index contributed by atoms with van der Waals surface area (Å²) in [5, 5.41) is 8.86. The molecule has 4 nitrogen and oxygen atoms in total. The molecule has 2 N–H and O–H groups in total. The van der Waals surface area contributed by atoms with Crippen molar-refractivity contribution in [2.45, 2.75) is 6.42 Å². The van der Waals surface area contributed by atoms with E-state index in [0.29, 0.717) is 11.2 Å². The van der Waals surface area contributed by atoms with Crippen LogP contribution in [-0.2, 0) is 11.2 Å². The molecule has 0 aliphatic carbocycles. The number of H-pyrrole nitrogens is 1. The fraction of sp³-hybridized carbons (Fsp3) is 0.200. The van der Waals surface area contributed by atoms with Gasteiger partial charge in [-0.3, -0.25) is 9.78 Å². The average Bonchev–Trinajstić information content (AvgIpc) is 2.13. The number of carbonyl (C=O) groups excluding carboxylic acids is 1. The number of aromatic hydroxyl groups is 1. The molecule has 0 amide bonds. The van der Waals surface area contributed by atoms with Gasteiger partial charge in [0, 0.05) is 6.42 Å². The molecule has 0 radical (unpaired) electrons. The van der Waals surface area contributed by atoms with Gasteiger partial charge in [-0.05, 0) is 0 Å². The molecule has 0 spiro atoms. The third kappa shape index (κ3) is 1.24. The molecule has 0 aromatic carbocycles. The minimum Gasteiger partial charge on any atom is -0.494 e. The van der Waals surface area contributed by atoms with Gasteiger partial charge < -0.3 is 9.90 Å². The highest BCUT2D eigenvalue weighted by atomic mass is 32.1. The summed E-state index contributed by atoms with van der Waals surface area (Å²) in [5.74, 6) is -0.192. The van der Waals surface area contributed by atoms with Crippen molar-refractivity contribution in [3.05, 3.63) is 14.5 Å². The molecular weight excluding hydrogens is 154 g/mol. The largest absolute Gasteiger partial charge is 0.494 e.